The highest BCUT2D eigenvalue weighted by molar-refractivity contribution is 7.99. The molecule has 8 heteroatoms. The minimum absolute atomic E-state index is 0.143. The Kier molecular flexibility index (Phi) is 5.07. The number of anilines is 1. The number of carbonyl (C=O) groups excluding carboxylic acids is 1. The summed E-state index contributed by atoms with van der Waals surface area (Å²) in [4.78, 5) is 12.1. The summed E-state index contributed by atoms with van der Waals surface area (Å²) in [5, 5.41) is 15.0. The number of aromatic nitrogens is 4. The van der Waals surface area contributed by atoms with Crippen molar-refractivity contribution in [3.05, 3.63) is 54.6 Å². The smallest absolute Gasteiger partial charge is 0.234 e. The van der Waals surface area contributed by atoms with Crippen molar-refractivity contribution in [1.29, 1.82) is 0 Å². The lowest BCUT2D eigenvalue weighted by Crippen LogP contribution is -2.14. The Labute approximate surface area is 143 Å². The number of amides is 1. The average molecular weight is 341 g/mol. The van der Waals surface area contributed by atoms with Gasteiger partial charge in [-0.05, 0) is 34.7 Å². The van der Waals surface area contributed by atoms with E-state index in [1.165, 1.54) is 11.8 Å². The maximum atomic E-state index is 12.1. The molecule has 0 fully saturated rings. The van der Waals surface area contributed by atoms with Crippen molar-refractivity contribution in [2.24, 2.45) is 0 Å². The molecule has 0 saturated heterocycles. The van der Waals surface area contributed by atoms with E-state index >= 15 is 0 Å². The molecule has 0 bridgehead atoms. The van der Waals surface area contributed by atoms with Crippen LogP contribution in [0, 0.1) is 0 Å². The van der Waals surface area contributed by atoms with Gasteiger partial charge in [0, 0.05) is 11.8 Å². The number of thioether (sulfide) groups is 1. The second-order valence-corrected chi connectivity index (χ2v) is 5.72. The minimum Gasteiger partial charge on any atom is -0.497 e. The zero-order valence-electron chi connectivity index (χ0n) is 12.9. The minimum atomic E-state index is -0.143. The van der Waals surface area contributed by atoms with Gasteiger partial charge in [0.25, 0.3) is 0 Å². The standard InChI is InChI=1S/C16H15N5O2S/c1-23-14-9-5-6-12(10-14)17-15(22)11-24-16-18-19-20-21(16)13-7-3-2-4-8-13/h2-10H,11H2,1H3,(H,17,22). The molecular formula is C16H15N5O2S. The molecule has 2 aromatic carbocycles. The Morgan fingerprint density at radius 2 is 2.04 bits per heavy atom. The molecule has 3 rings (SSSR count). The van der Waals surface area contributed by atoms with Crippen LogP contribution in [-0.4, -0.2) is 39.0 Å². The molecule has 24 heavy (non-hydrogen) atoms. The van der Waals surface area contributed by atoms with E-state index in [4.69, 9.17) is 4.74 Å². The zero-order chi connectivity index (χ0) is 16.8. The van der Waals surface area contributed by atoms with Crippen molar-refractivity contribution >= 4 is 23.4 Å². The van der Waals surface area contributed by atoms with Gasteiger partial charge in [-0.3, -0.25) is 4.79 Å². The van der Waals surface area contributed by atoms with Crippen LogP contribution < -0.4 is 10.1 Å². The van der Waals surface area contributed by atoms with Crippen LogP contribution in [-0.2, 0) is 4.79 Å². The molecule has 0 saturated carbocycles. The molecule has 1 aromatic heterocycles. The molecule has 7 nitrogen and oxygen atoms in total. The number of nitrogens with one attached hydrogen (secondary N) is 1. The van der Waals surface area contributed by atoms with Gasteiger partial charge in [0.2, 0.25) is 11.1 Å². The number of carbonyl (C=O) groups is 1. The predicted molar refractivity (Wildman–Crippen MR) is 91.5 cm³/mol. The van der Waals surface area contributed by atoms with E-state index in [1.807, 2.05) is 42.5 Å². The number of hydrogen-bond donors (Lipinski definition) is 1. The fraction of sp³-hybridized carbons (Fsp3) is 0.125. The fourth-order valence-electron chi connectivity index (χ4n) is 2.03. The van der Waals surface area contributed by atoms with Crippen LogP contribution >= 0.6 is 11.8 Å². The normalized spacial score (nSPS) is 10.4. The number of ether oxygens (including phenoxy) is 1. The van der Waals surface area contributed by atoms with Crippen molar-refractivity contribution in [3.63, 3.8) is 0 Å². The maximum Gasteiger partial charge on any atom is 0.234 e. The van der Waals surface area contributed by atoms with Crippen LogP contribution in [0.5, 0.6) is 5.75 Å². The highest BCUT2D eigenvalue weighted by atomic mass is 32.2. The van der Waals surface area contributed by atoms with Crippen molar-refractivity contribution in [2.45, 2.75) is 5.16 Å². The lowest BCUT2D eigenvalue weighted by Gasteiger charge is -2.07. The maximum absolute atomic E-state index is 12.1. The lowest BCUT2D eigenvalue weighted by molar-refractivity contribution is -0.113. The summed E-state index contributed by atoms with van der Waals surface area (Å²) in [5.41, 5.74) is 1.53. The molecule has 0 spiro atoms. The summed E-state index contributed by atoms with van der Waals surface area (Å²) in [7, 11) is 1.58. The number of methoxy groups -OCH3 is 1. The summed E-state index contributed by atoms with van der Waals surface area (Å²) in [6, 6.07) is 16.7. The molecule has 122 valence electrons. The van der Waals surface area contributed by atoms with Crippen molar-refractivity contribution in [3.8, 4) is 11.4 Å². The average Bonchev–Trinajstić information content (AvgIpc) is 3.09. The van der Waals surface area contributed by atoms with Gasteiger partial charge in [0.15, 0.2) is 0 Å². The summed E-state index contributed by atoms with van der Waals surface area (Å²) >= 11 is 1.27. The fourth-order valence-corrected chi connectivity index (χ4v) is 2.72. The SMILES string of the molecule is COc1cccc(NC(=O)CSc2nnnn2-c2ccccc2)c1. The van der Waals surface area contributed by atoms with E-state index in [1.54, 1.807) is 23.9 Å². The van der Waals surface area contributed by atoms with Gasteiger partial charge >= 0.3 is 0 Å². The number of benzene rings is 2. The predicted octanol–water partition coefficient (Wildman–Crippen LogP) is 2.40. The number of tetrazole rings is 1. The van der Waals surface area contributed by atoms with Gasteiger partial charge in [-0.1, -0.05) is 36.0 Å². The Bertz CT molecular complexity index is 822. The molecule has 3 aromatic rings. The molecule has 0 atom stereocenters. The molecular weight excluding hydrogens is 326 g/mol. The van der Waals surface area contributed by atoms with Gasteiger partial charge in [0.05, 0.1) is 18.6 Å². The number of rotatable bonds is 6. The highest BCUT2D eigenvalue weighted by Crippen LogP contribution is 2.20. The number of hydrogen-bond acceptors (Lipinski definition) is 6. The second kappa shape index (κ2) is 7.60. The Hall–Kier alpha value is -2.87. The van der Waals surface area contributed by atoms with Gasteiger partial charge in [-0.25, -0.2) is 0 Å². The molecule has 0 unspecified atom stereocenters. The first-order chi connectivity index (χ1) is 11.8. The molecule has 0 aliphatic carbocycles. The van der Waals surface area contributed by atoms with Crippen molar-refractivity contribution < 1.29 is 9.53 Å². The van der Waals surface area contributed by atoms with E-state index in [0.29, 0.717) is 16.6 Å². The van der Waals surface area contributed by atoms with Crippen molar-refractivity contribution in [2.75, 3.05) is 18.2 Å². The molecule has 0 aliphatic heterocycles. The molecule has 0 aliphatic rings. The Morgan fingerprint density at radius 1 is 1.21 bits per heavy atom. The monoisotopic (exact) mass is 341 g/mol. The van der Waals surface area contributed by atoms with E-state index < -0.39 is 0 Å². The Balaban J connectivity index is 1.62. The molecule has 1 heterocycles. The topological polar surface area (TPSA) is 81.9 Å². The molecule has 0 radical (unpaired) electrons. The lowest BCUT2D eigenvalue weighted by atomic mass is 10.3. The van der Waals surface area contributed by atoms with Crippen LogP contribution in [0.1, 0.15) is 0 Å². The third kappa shape index (κ3) is 3.90. The summed E-state index contributed by atoms with van der Waals surface area (Å²) in [6.45, 7) is 0. The Morgan fingerprint density at radius 3 is 2.83 bits per heavy atom. The van der Waals surface area contributed by atoms with E-state index in [2.05, 4.69) is 20.8 Å². The van der Waals surface area contributed by atoms with Gasteiger partial charge in [0.1, 0.15) is 5.75 Å². The van der Waals surface area contributed by atoms with E-state index in [9.17, 15) is 4.79 Å². The van der Waals surface area contributed by atoms with Crippen LogP contribution in [0.25, 0.3) is 5.69 Å². The van der Waals surface area contributed by atoms with Gasteiger partial charge < -0.3 is 10.1 Å². The third-order valence-corrected chi connectivity index (χ3v) is 4.05. The van der Waals surface area contributed by atoms with Crippen LogP contribution in [0.2, 0.25) is 0 Å². The first-order valence-corrected chi connectivity index (χ1v) is 8.15. The quantitative estimate of drug-likeness (QED) is 0.693. The highest BCUT2D eigenvalue weighted by Gasteiger charge is 2.11. The van der Waals surface area contributed by atoms with Crippen molar-refractivity contribution in [1.82, 2.24) is 20.2 Å². The van der Waals surface area contributed by atoms with Crippen LogP contribution in [0.3, 0.4) is 0 Å². The first-order valence-electron chi connectivity index (χ1n) is 7.17. The van der Waals surface area contributed by atoms with E-state index in [0.717, 1.165) is 5.69 Å². The largest absolute Gasteiger partial charge is 0.497 e. The van der Waals surface area contributed by atoms with E-state index in [-0.39, 0.29) is 11.7 Å². The van der Waals surface area contributed by atoms with Gasteiger partial charge in [-0.2, -0.15) is 4.68 Å². The zero-order valence-corrected chi connectivity index (χ0v) is 13.7. The van der Waals surface area contributed by atoms with Crippen LogP contribution in [0.15, 0.2) is 59.8 Å². The number of para-hydroxylation sites is 1. The molecule has 1 N–H and O–H groups in total. The van der Waals surface area contributed by atoms with Gasteiger partial charge in [-0.15, -0.1) is 5.10 Å². The van der Waals surface area contributed by atoms with Crippen LogP contribution in [0.4, 0.5) is 5.69 Å². The molecule has 1 amide bonds. The number of nitrogens with zero attached hydrogens (tertiary/aromatic N) is 4. The summed E-state index contributed by atoms with van der Waals surface area (Å²) in [5.74, 6) is 0.745. The third-order valence-electron chi connectivity index (χ3n) is 3.13. The summed E-state index contributed by atoms with van der Waals surface area (Å²) < 4.78 is 6.73. The first kappa shape index (κ1) is 16.0. The second-order valence-electron chi connectivity index (χ2n) is 4.78. The summed E-state index contributed by atoms with van der Waals surface area (Å²) in [6.07, 6.45) is 0.